The topological polar surface area (TPSA) is 57.5 Å². The van der Waals surface area contributed by atoms with Crippen molar-refractivity contribution in [1.82, 2.24) is 9.91 Å². The van der Waals surface area contributed by atoms with Crippen LogP contribution in [0.2, 0.25) is 5.02 Å². The van der Waals surface area contributed by atoms with Crippen molar-refractivity contribution < 1.29 is 14.6 Å². The number of phenolic OH excluding ortho intramolecular Hbond substituents is 1. The van der Waals surface area contributed by atoms with Crippen LogP contribution in [-0.4, -0.2) is 53.7 Å². The standard InChI is InChI=1S/C22H24ClN3O3/c1-25-9-7-22(8-10-25)26-18(16-12-15(23)4-6-20(16)29-22)13-17(24-26)14-3-5-19(27)21(11-14)28-2/h3-6,11-12,18,27H,7-10,13H2,1-2H3. The van der Waals surface area contributed by atoms with Gasteiger partial charge in [-0.25, -0.2) is 5.01 Å². The van der Waals surface area contributed by atoms with Crippen LogP contribution in [0.3, 0.4) is 0 Å². The van der Waals surface area contributed by atoms with Crippen LogP contribution in [0, 0.1) is 0 Å². The lowest BCUT2D eigenvalue weighted by Crippen LogP contribution is -2.58. The third kappa shape index (κ3) is 3.02. The van der Waals surface area contributed by atoms with E-state index in [9.17, 15) is 5.11 Å². The van der Waals surface area contributed by atoms with Crippen LogP contribution in [0.1, 0.15) is 36.4 Å². The summed E-state index contributed by atoms with van der Waals surface area (Å²) in [5.74, 6) is 1.48. The molecule has 0 saturated carbocycles. The summed E-state index contributed by atoms with van der Waals surface area (Å²) in [5.41, 5.74) is 2.54. The van der Waals surface area contributed by atoms with E-state index in [1.165, 1.54) is 0 Å². The zero-order chi connectivity index (χ0) is 20.2. The first-order valence-corrected chi connectivity index (χ1v) is 10.3. The molecule has 3 aliphatic heterocycles. The molecule has 2 aromatic carbocycles. The minimum atomic E-state index is -0.444. The van der Waals surface area contributed by atoms with Crippen molar-refractivity contribution in [2.45, 2.75) is 31.0 Å². The second-order valence-electron chi connectivity index (χ2n) is 8.03. The summed E-state index contributed by atoms with van der Waals surface area (Å²) in [6.45, 7) is 1.92. The predicted octanol–water partition coefficient (Wildman–Crippen LogP) is 4.02. The van der Waals surface area contributed by atoms with Crippen molar-refractivity contribution in [2.24, 2.45) is 5.10 Å². The van der Waals surface area contributed by atoms with Crippen LogP contribution in [0.5, 0.6) is 17.2 Å². The Kier molecular flexibility index (Phi) is 4.37. The lowest BCUT2D eigenvalue weighted by atomic mass is 9.91. The SMILES string of the molecule is COc1cc(C2=NN3C(C2)c2cc(Cl)ccc2OC32CCN(C)CC2)ccc1O. The summed E-state index contributed by atoms with van der Waals surface area (Å²) in [4.78, 5) is 2.33. The zero-order valence-corrected chi connectivity index (χ0v) is 17.3. The normalized spacial score (nSPS) is 22.7. The van der Waals surface area contributed by atoms with Crippen molar-refractivity contribution in [3.63, 3.8) is 0 Å². The number of likely N-dealkylation sites (tertiary alicyclic amines) is 1. The summed E-state index contributed by atoms with van der Waals surface area (Å²) < 4.78 is 11.9. The highest BCUT2D eigenvalue weighted by Gasteiger charge is 2.51. The summed E-state index contributed by atoms with van der Waals surface area (Å²) in [6.07, 6.45) is 2.53. The molecule has 0 amide bonds. The van der Waals surface area contributed by atoms with E-state index in [-0.39, 0.29) is 11.8 Å². The third-order valence-electron chi connectivity index (χ3n) is 6.24. The van der Waals surface area contributed by atoms with E-state index in [2.05, 4.69) is 17.0 Å². The largest absolute Gasteiger partial charge is 0.504 e. The molecule has 1 saturated heterocycles. The molecule has 29 heavy (non-hydrogen) atoms. The van der Waals surface area contributed by atoms with Crippen molar-refractivity contribution >= 4 is 17.3 Å². The number of nitrogens with zero attached hydrogens (tertiary/aromatic N) is 3. The van der Waals surface area contributed by atoms with Crippen LogP contribution in [0.25, 0.3) is 0 Å². The Labute approximate surface area is 175 Å². The fraction of sp³-hybridized carbons (Fsp3) is 0.409. The fourth-order valence-corrected chi connectivity index (χ4v) is 4.76. The van der Waals surface area contributed by atoms with Crippen LogP contribution in [0.15, 0.2) is 41.5 Å². The average molecular weight is 414 g/mol. The molecule has 3 heterocycles. The smallest absolute Gasteiger partial charge is 0.200 e. The molecular weight excluding hydrogens is 390 g/mol. The van der Waals surface area contributed by atoms with Crippen LogP contribution < -0.4 is 9.47 Å². The molecule has 152 valence electrons. The molecule has 1 unspecified atom stereocenters. The van der Waals surface area contributed by atoms with Crippen LogP contribution in [0.4, 0.5) is 0 Å². The van der Waals surface area contributed by atoms with Gasteiger partial charge in [0.05, 0.1) is 18.9 Å². The van der Waals surface area contributed by atoms with Crippen molar-refractivity contribution in [2.75, 3.05) is 27.2 Å². The van der Waals surface area contributed by atoms with Gasteiger partial charge < -0.3 is 19.5 Å². The number of methoxy groups -OCH3 is 1. The Balaban J connectivity index is 1.58. The first-order chi connectivity index (χ1) is 14.0. The highest BCUT2D eigenvalue weighted by Crippen LogP contribution is 2.50. The van der Waals surface area contributed by atoms with Gasteiger partial charge in [0.25, 0.3) is 0 Å². The number of hydrogen-bond acceptors (Lipinski definition) is 6. The number of piperidine rings is 1. The highest BCUT2D eigenvalue weighted by atomic mass is 35.5. The highest BCUT2D eigenvalue weighted by molar-refractivity contribution is 6.30. The van der Waals surface area contributed by atoms with E-state index in [1.807, 2.05) is 30.3 Å². The third-order valence-corrected chi connectivity index (χ3v) is 6.48. The van der Waals surface area contributed by atoms with E-state index < -0.39 is 5.72 Å². The fourth-order valence-electron chi connectivity index (χ4n) is 4.58. The Morgan fingerprint density at radius 2 is 2.00 bits per heavy atom. The summed E-state index contributed by atoms with van der Waals surface area (Å²) in [5, 5.41) is 17.9. The number of rotatable bonds is 2. The molecule has 1 atom stereocenters. The number of hydrazone groups is 1. The quantitative estimate of drug-likeness (QED) is 0.805. The van der Waals surface area contributed by atoms with Gasteiger partial charge in [-0.3, -0.25) is 0 Å². The molecule has 0 bridgehead atoms. The molecule has 3 aliphatic rings. The molecule has 1 N–H and O–H groups in total. The molecule has 6 nitrogen and oxygen atoms in total. The molecule has 5 rings (SSSR count). The molecule has 1 fully saturated rings. The van der Waals surface area contributed by atoms with Crippen molar-refractivity contribution in [3.05, 3.63) is 52.5 Å². The minimum Gasteiger partial charge on any atom is -0.504 e. The summed E-state index contributed by atoms with van der Waals surface area (Å²) >= 11 is 6.31. The van der Waals surface area contributed by atoms with Gasteiger partial charge in [-0.2, -0.15) is 5.10 Å². The maximum Gasteiger partial charge on any atom is 0.200 e. The van der Waals surface area contributed by atoms with Gasteiger partial charge in [-0.05, 0) is 43.4 Å². The van der Waals surface area contributed by atoms with E-state index in [0.29, 0.717) is 10.8 Å². The first kappa shape index (κ1) is 18.6. The van der Waals surface area contributed by atoms with Crippen molar-refractivity contribution in [1.29, 1.82) is 0 Å². The van der Waals surface area contributed by atoms with Gasteiger partial charge in [0.1, 0.15) is 5.75 Å². The van der Waals surface area contributed by atoms with E-state index in [0.717, 1.165) is 54.9 Å². The van der Waals surface area contributed by atoms with Crippen LogP contribution in [-0.2, 0) is 0 Å². The lowest BCUT2D eigenvalue weighted by molar-refractivity contribution is -0.147. The average Bonchev–Trinajstić information content (AvgIpc) is 3.18. The van der Waals surface area contributed by atoms with Gasteiger partial charge in [-0.1, -0.05) is 11.6 Å². The molecular formula is C22H24ClN3O3. The van der Waals surface area contributed by atoms with Gasteiger partial charge in [0, 0.05) is 48.5 Å². The molecule has 2 aromatic rings. The molecule has 7 heteroatoms. The van der Waals surface area contributed by atoms with Gasteiger partial charge >= 0.3 is 0 Å². The van der Waals surface area contributed by atoms with E-state index >= 15 is 0 Å². The molecule has 0 radical (unpaired) electrons. The number of hydrogen-bond donors (Lipinski definition) is 1. The van der Waals surface area contributed by atoms with E-state index in [1.54, 1.807) is 13.2 Å². The number of benzene rings is 2. The number of phenols is 1. The van der Waals surface area contributed by atoms with Gasteiger partial charge in [-0.15, -0.1) is 0 Å². The lowest BCUT2D eigenvalue weighted by Gasteiger charge is -2.50. The van der Waals surface area contributed by atoms with Crippen molar-refractivity contribution in [3.8, 4) is 17.2 Å². The second kappa shape index (κ2) is 6.82. The summed E-state index contributed by atoms with van der Waals surface area (Å²) in [6, 6.07) is 11.3. The maximum absolute atomic E-state index is 9.95. The first-order valence-electron chi connectivity index (χ1n) is 9.90. The number of ether oxygens (including phenoxy) is 2. The molecule has 0 aliphatic carbocycles. The number of aromatic hydroxyl groups is 1. The van der Waals surface area contributed by atoms with E-state index in [4.69, 9.17) is 26.2 Å². The van der Waals surface area contributed by atoms with Gasteiger partial charge in [0.15, 0.2) is 11.5 Å². The van der Waals surface area contributed by atoms with Crippen LogP contribution >= 0.6 is 11.6 Å². The minimum absolute atomic E-state index is 0.0793. The second-order valence-corrected chi connectivity index (χ2v) is 8.47. The Hall–Kier alpha value is -2.44. The Morgan fingerprint density at radius 3 is 2.76 bits per heavy atom. The Morgan fingerprint density at radius 1 is 1.21 bits per heavy atom. The monoisotopic (exact) mass is 413 g/mol. The number of fused-ring (bicyclic) bond motifs is 4. The maximum atomic E-state index is 9.95. The Bertz CT molecular complexity index is 985. The zero-order valence-electron chi connectivity index (χ0n) is 16.6. The summed E-state index contributed by atoms with van der Waals surface area (Å²) in [7, 11) is 3.69. The predicted molar refractivity (Wildman–Crippen MR) is 112 cm³/mol. The number of halogens is 1. The van der Waals surface area contributed by atoms with Gasteiger partial charge in [0.2, 0.25) is 5.72 Å². The molecule has 0 aromatic heterocycles. The molecule has 1 spiro atoms.